The van der Waals surface area contributed by atoms with Crippen molar-refractivity contribution in [2.24, 2.45) is 0 Å². The van der Waals surface area contributed by atoms with Gasteiger partial charge in [0, 0.05) is 10.0 Å². The van der Waals surface area contributed by atoms with Crippen LogP contribution >= 0.6 is 23.2 Å². The van der Waals surface area contributed by atoms with Gasteiger partial charge in [-0.1, -0.05) is 47.5 Å². The highest BCUT2D eigenvalue weighted by Crippen LogP contribution is 2.30. The average Bonchev–Trinajstić information content (AvgIpc) is 2.75. The zero-order valence-corrected chi connectivity index (χ0v) is 19.1. The minimum atomic E-state index is -4.04. The number of amides is 1. The Kier molecular flexibility index (Phi) is 7.10. The van der Waals surface area contributed by atoms with E-state index in [0.29, 0.717) is 21.5 Å². The van der Waals surface area contributed by atoms with Crippen molar-refractivity contribution in [2.75, 3.05) is 23.3 Å². The molecule has 3 rings (SSSR count). The number of aryl methyl sites for hydroxylation is 1. The van der Waals surface area contributed by atoms with Gasteiger partial charge in [-0.15, -0.1) is 0 Å². The van der Waals surface area contributed by atoms with Crippen LogP contribution in [0, 0.1) is 6.92 Å². The van der Waals surface area contributed by atoms with E-state index in [9.17, 15) is 13.2 Å². The van der Waals surface area contributed by atoms with Gasteiger partial charge in [-0.3, -0.25) is 9.10 Å². The molecule has 0 unspecified atom stereocenters. The summed E-state index contributed by atoms with van der Waals surface area (Å²) in [6.07, 6.45) is 0. The van der Waals surface area contributed by atoms with Crippen LogP contribution in [0.15, 0.2) is 71.6 Å². The Morgan fingerprint density at radius 2 is 1.74 bits per heavy atom. The smallest absolute Gasteiger partial charge is 0.264 e. The summed E-state index contributed by atoms with van der Waals surface area (Å²) >= 11 is 12.2. The van der Waals surface area contributed by atoms with Gasteiger partial charge in [0.1, 0.15) is 12.3 Å². The zero-order chi connectivity index (χ0) is 22.6. The van der Waals surface area contributed by atoms with Crippen LogP contribution in [0.2, 0.25) is 10.0 Å². The Balaban J connectivity index is 1.98. The molecule has 0 atom stereocenters. The van der Waals surface area contributed by atoms with Crippen molar-refractivity contribution in [3.05, 3.63) is 82.3 Å². The van der Waals surface area contributed by atoms with Gasteiger partial charge in [0.05, 0.1) is 23.4 Å². The Hall–Kier alpha value is -2.74. The lowest BCUT2D eigenvalue weighted by atomic mass is 10.2. The van der Waals surface area contributed by atoms with Crippen LogP contribution in [-0.2, 0) is 14.8 Å². The van der Waals surface area contributed by atoms with Gasteiger partial charge in [-0.05, 0) is 55.0 Å². The highest BCUT2D eigenvalue weighted by Gasteiger charge is 2.27. The first-order valence-electron chi connectivity index (χ1n) is 9.19. The molecule has 0 aliphatic rings. The lowest BCUT2D eigenvalue weighted by molar-refractivity contribution is -0.114. The molecule has 0 fully saturated rings. The van der Waals surface area contributed by atoms with Gasteiger partial charge in [-0.25, -0.2) is 8.42 Å². The number of anilines is 2. The molecule has 6 nitrogen and oxygen atoms in total. The molecule has 3 aromatic rings. The average molecular weight is 479 g/mol. The molecule has 0 spiro atoms. The number of carbonyl (C=O) groups is 1. The maximum Gasteiger partial charge on any atom is 0.264 e. The van der Waals surface area contributed by atoms with E-state index in [-0.39, 0.29) is 10.6 Å². The number of ether oxygens (including phenoxy) is 1. The maximum atomic E-state index is 13.4. The van der Waals surface area contributed by atoms with Crippen LogP contribution in [0.1, 0.15) is 5.56 Å². The predicted molar refractivity (Wildman–Crippen MR) is 124 cm³/mol. The van der Waals surface area contributed by atoms with Gasteiger partial charge < -0.3 is 10.1 Å². The second kappa shape index (κ2) is 9.60. The molecule has 162 valence electrons. The van der Waals surface area contributed by atoms with Crippen molar-refractivity contribution >= 4 is 50.5 Å². The molecular formula is C22H20Cl2N2O4S. The molecule has 31 heavy (non-hydrogen) atoms. The zero-order valence-electron chi connectivity index (χ0n) is 16.8. The fraction of sp³-hybridized carbons (Fsp3) is 0.136. The van der Waals surface area contributed by atoms with Crippen molar-refractivity contribution in [3.63, 3.8) is 0 Å². The first kappa shape index (κ1) is 22.9. The fourth-order valence-electron chi connectivity index (χ4n) is 2.87. The molecule has 9 heteroatoms. The van der Waals surface area contributed by atoms with Crippen molar-refractivity contribution in [1.82, 2.24) is 0 Å². The highest BCUT2D eigenvalue weighted by molar-refractivity contribution is 7.92. The number of methoxy groups -OCH3 is 1. The van der Waals surface area contributed by atoms with E-state index < -0.39 is 22.5 Å². The predicted octanol–water partition coefficient (Wildman–Crippen LogP) is 5.14. The van der Waals surface area contributed by atoms with E-state index >= 15 is 0 Å². The van der Waals surface area contributed by atoms with Crippen molar-refractivity contribution in [3.8, 4) is 5.75 Å². The summed E-state index contributed by atoms with van der Waals surface area (Å²) < 4.78 is 33.0. The minimum Gasteiger partial charge on any atom is -0.495 e. The van der Waals surface area contributed by atoms with Gasteiger partial charge in [0.2, 0.25) is 5.91 Å². The van der Waals surface area contributed by atoms with E-state index in [0.717, 1.165) is 9.87 Å². The first-order chi connectivity index (χ1) is 14.7. The molecule has 0 heterocycles. The Bertz CT molecular complexity index is 1200. The molecule has 0 saturated carbocycles. The summed E-state index contributed by atoms with van der Waals surface area (Å²) in [5.41, 5.74) is 1.39. The topological polar surface area (TPSA) is 75.7 Å². The number of benzene rings is 3. The van der Waals surface area contributed by atoms with Crippen LogP contribution in [0.5, 0.6) is 5.75 Å². The number of sulfonamides is 1. The monoisotopic (exact) mass is 478 g/mol. The maximum absolute atomic E-state index is 13.4. The van der Waals surface area contributed by atoms with Gasteiger partial charge in [-0.2, -0.15) is 0 Å². The van der Waals surface area contributed by atoms with Crippen molar-refractivity contribution < 1.29 is 17.9 Å². The van der Waals surface area contributed by atoms with Crippen LogP contribution in [0.4, 0.5) is 11.4 Å². The van der Waals surface area contributed by atoms with Gasteiger partial charge in [0.25, 0.3) is 10.0 Å². The molecule has 3 aromatic carbocycles. The summed E-state index contributed by atoms with van der Waals surface area (Å²) in [6, 6.07) is 17.5. The number of halogens is 2. The molecule has 1 amide bonds. The summed E-state index contributed by atoms with van der Waals surface area (Å²) in [5.74, 6) is -0.176. The van der Waals surface area contributed by atoms with E-state index in [2.05, 4.69) is 5.32 Å². The van der Waals surface area contributed by atoms with Crippen LogP contribution in [0.25, 0.3) is 0 Å². The summed E-state index contributed by atoms with van der Waals surface area (Å²) in [6.45, 7) is 1.33. The number of nitrogens with one attached hydrogen (secondary N) is 1. The number of hydrogen-bond donors (Lipinski definition) is 1. The van der Waals surface area contributed by atoms with Crippen molar-refractivity contribution in [1.29, 1.82) is 0 Å². The van der Waals surface area contributed by atoms with E-state index in [4.69, 9.17) is 27.9 Å². The molecule has 1 N–H and O–H groups in total. The van der Waals surface area contributed by atoms with Crippen LogP contribution < -0.4 is 14.4 Å². The summed E-state index contributed by atoms with van der Waals surface area (Å²) in [7, 11) is -2.58. The lowest BCUT2D eigenvalue weighted by Crippen LogP contribution is -2.38. The number of rotatable bonds is 7. The van der Waals surface area contributed by atoms with Gasteiger partial charge in [0.15, 0.2) is 0 Å². The van der Waals surface area contributed by atoms with Crippen molar-refractivity contribution in [2.45, 2.75) is 11.8 Å². The van der Waals surface area contributed by atoms with E-state index in [1.54, 1.807) is 49.4 Å². The summed E-state index contributed by atoms with van der Waals surface area (Å²) in [4.78, 5) is 12.9. The number of hydrogen-bond acceptors (Lipinski definition) is 4. The molecular weight excluding hydrogens is 459 g/mol. The summed E-state index contributed by atoms with van der Waals surface area (Å²) in [5, 5.41) is 3.45. The molecule has 0 aliphatic carbocycles. The Morgan fingerprint density at radius 1 is 1.03 bits per heavy atom. The van der Waals surface area contributed by atoms with Crippen LogP contribution in [-0.4, -0.2) is 28.0 Å². The molecule has 0 radical (unpaired) electrons. The Labute approximate surface area is 191 Å². The third-order valence-corrected chi connectivity index (χ3v) is 6.93. The number of nitrogens with zero attached hydrogens (tertiary/aromatic N) is 1. The molecule has 0 bridgehead atoms. The third-order valence-electron chi connectivity index (χ3n) is 4.50. The molecule has 0 saturated heterocycles. The third kappa shape index (κ3) is 5.31. The quantitative estimate of drug-likeness (QED) is 0.509. The largest absolute Gasteiger partial charge is 0.495 e. The molecule has 0 aromatic heterocycles. The van der Waals surface area contributed by atoms with Gasteiger partial charge >= 0.3 is 0 Å². The standard InChI is InChI=1S/C22H20Cl2N2O4S/c1-15-8-10-17(13-19(15)24)26(31(28,29)18-6-4-3-5-7-18)14-22(27)25-20-12-16(23)9-11-21(20)30-2/h3-13H,14H2,1-2H3,(H,25,27). The second-order valence-electron chi connectivity index (χ2n) is 6.65. The Morgan fingerprint density at radius 3 is 2.39 bits per heavy atom. The van der Waals surface area contributed by atoms with E-state index in [1.807, 2.05) is 0 Å². The van der Waals surface area contributed by atoms with E-state index in [1.165, 1.54) is 31.4 Å². The normalized spacial score (nSPS) is 11.1. The first-order valence-corrected chi connectivity index (χ1v) is 11.4. The highest BCUT2D eigenvalue weighted by atomic mass is 35.5. The molecule has 0 aliphatic heterocycles. The van der Waals surface area contributed by atoms with Crippen LogP contribution in [0.3, 0.4) is 0 Å². The fourth-order valence-corrected chi connectivity index (χ4v) is 4.65. The lowest BCUT2D eigenvalue weighted by Gasteiger charge is -2.24. The second-order valence-corrected chi connectivity index (χ2v) is 9.36. The minimum absolute atomic E-state index is 0.0554. The number of carbonyl (C=O) groups excluding carboxylic acids is 1. The SMILES string of the molecule is COc1ccc(Cl)cc1NC(=O)CN(c1ccc(C)c(Cl)c1)S(=O)(=O)c1ccccc1.